The number of nitrogens with zero attached hydrogens (tertiary/aromatic N) is 4. The summed E-state index contributed by atoms with van der Waals surface area (Å²) in [7, 11) is 4.16. The largest absolute Gasteiger partial charge is 0.468 e. The van der Waals surface area contributed by atoms with Gasteiger partial charge in [-0.05, 0) is 27.2 Å². The molecule has 0 radical (unpaired) electrons. The summed E-state index contributed by atoms with van der Waals surface area (Å²) in [6.45, 7) is -2.94. The van der Waals surface area contributed by atoms with E-state index in [1.807, 2.05) is 0 Å². The molecule has 0 bridgehead atoms. The van der Waals surface area contributed by atoms with Crippen molar-refractivity contribution in [3.05, 3.63) is 0 Å². The molecule has 0 fully saturated rings. The molecule has 0 aromatic heterocycles. The molecular formula is C46H69N9O22. The second kappa shape index (κ2) is 37.3. The average molecular weight is 1100 g/mol. The number of ketones is 4. The first kappa shape index (κ1) is 68.6. The SMILES string of the molecule is COC(=O)CN(CC(=O)CCCNC(=O)CN(CC(=O)OC)C(=O)CNC(=O)CCC(=O)CN(CC(=O)OC)C(=O)CCC(=O)CNC(=O)OC(C)(C)C)C(=O)CCC(=O)CNC(=O)CN(CC(=O)OC)C(=O)CNC=O. The fraction of sp³-hybridized carbons (Fsp3) is 0.630. The zero-order valence-corrected chi connectivity index (χ0v) is 44.2. The van der Waals surface area contributed by atoms with Gasteiger partial charge in [-0.2, -0.15) is 0 Å². The fourth-order valence-corrected chi connectivity index (χ4v) is 5.90. The molecule has 0 heterocycles. The topological polar surface area (TPSA) is 409 Å². The molecule has 31 nitrogen and oxygen atoms in total. The third-order valence-electron chi connectivity index (χ3n) is 9.91. The maximum absolute atomic E-state index is 13.0. The Morgan fingerprint density at radius 3 is 1.19 bits per heavy atom. The number of alkyl carbamates (subject to hydrolysis) is 1. The molecule has 0 spiro atoms. The van der Waals surface area contributed by atoms with Crippen molar-refractivity contribution < 1.29 is 105 Å². The van der Waals surface area contributed by atoms with Gasteiger partial charge in [0.25, 0.3) is 0 Å². The predicted octanol–water partition coefficient (Wildman–Crippen LogP) is -4.99. The summed E-state index contributed by atoms with van der Waals surface area (Å²) in [4.78, 5) is 213. The van der Waals surface area contributed by atoms with E-state index in [0.717, 1.165) is 48.0 Å². The summed E-state index contributed by atoms with van der Waals surface area (Å²) in [6, 6.07) is 0. The van der Waals surface area contributed by atoms with Crippen molar-refractivity contribution in [3.63, 3.8) is 0 Å². The van der Waals surface area contributed by atoms with E-state index in [0.29, 0.717) is 0 Å². The first-order valence-corrected chi connectivity index (χ1v) is 23.6. The van der Waals surface area contributed by atoms with Crippen molar-refractivity contribution in [1.82, 2.24) is 46.2 Å². The molecule has 0 aromatic rings. The maximum Gasteiger partial charge on any atom is 0.408 e. The minimum Gasteiger partial charge on any atom is -0.468 e. The van der Waals surface area contributed by atoms with E-state index in [2.05, 4.69) is 45.5 Å². The van der Waals surface area contributed by atoms with Crippen LogP contribution in [-0.4, -0.2) is 240 Å². The lowest BCUT2D eigenvalue weighted by atomic mass is 10.1. The van der Waals surface area contributed by atoms with Crippen LogP contribution in [0.2, 0.25) is 0 Å². The Morgan fingerprint density at radius 2 is 0.766 bits per heavy atom. The molecule has 9 amide bonds. The van der Waals surface area contributed by atoms with Gasteiger partial charge in [-0.1, -0.05) is 0 Å². The quantitative estimate of drug-likeness (QED) is 0.0167. The maximum atomic E-state index is 13.0. The van der Waals surface area contributed by atoms with Gasteiger partial charge in [0.05, 0.1) is 67.7 Å². The minimum atomic E-state index is -0.930. The number of ether oxygens (including phenoxy) is 5. The monoisotopic (exact) mass is 1100 g/mol. The third kappa shape index (κ3) is 33.2. The Kier molecular flexibility index (Phi) is 33.3. The number of methoxy groups -OCH3 is 4. The molecule has 0 atom stereocenters. The number of hydrogen-bond acceptors (Lipinski definition) is 22. The number of amides is 9. The highest BCUT2D eigenvalue weighted by atomic mass is 16.6. The Balaban J connectivity index is 5.20. The molecule has 0 rings (SSSR count). The minimum absolute atomic E-state index is 0.0115. The van der Waals surface area contributed by atoms with Crippen LogP contribution in [0.1, 0.15) is 72.1 Å². The van der Waals surface area contributed by atoms with Gasteiger partial charge in [0, 0.05) is 51.5 Å². The van der Waals surface area contributed by atoms with Crippen LogP contribution in [0.25, 0.3) is 0 Å². The lowest BCUT2D eigenvalue weighted by Crippen LogP contribution is -2.47. The molecule has 0 saturated carbocycles. The van der Waals surface area contributed by atoms with Crippen LogP contribution in [0.3, 0.4) is 0 Å². The zero-order chi connectivity index (χ0) is 58.7. The van der Waals surface area contributed by atoms with Crippen molar-refractivity contribution in [2.24, 2.45) is 0 Å². The molecule has 0 aliphatic heterocycles. The highest BCUT2D eigenvalue weighted by molar-refractivity contribution is 5.96. The average Bonchev–Trinajstić information content (AvgIpc) is 3.37. The highest BCUT2D eigenvalue weighted by Gasteiger charge is 2.26. The molecule has 430 valence electrons. The number of Topliss-reactive ketones (excluding diaryl/α,β-unsaturated/α-hetero) is 4. The van der Waals surface area contributed by atoms with Crippen LogP contribution >= 0.6 is 0 Å². The van der Waals surface area contributed by atoms with E-state index in [-0.39, 0.29) is 32.2 Å². The van der Waals surface area contributed by atoms with Crippen LogP contribution in [0.15, 0.2) is 0 Å². The molecule has 0 saturated heterocycles. The van der Waals surface area contributed by atoms with Gasteiger partial charge < -0.3 is 69.9 Å². The van der Waals surface area contributed by atoms with Gasteiger partial charge in [-0.25, -0.2) is 4.79 Å². The van der Waals surface area contributed by atoms with Crippen molar-refractivity contribution in [2.75, 3.05) is 114 Å². The lowest BCUT2D eigenvalue weighted by Gasteiger charge is -2.22. The first-order chi connectivity index (χ1) is 36.2. The molecule has 0 unspecified atom stereocenters. The number of nitrogens with one attached hydrogen (secondary N) is 5. The van der Waals surface area contributed by atoms with E-state index in [9.17, 15) is 81.5 Å². The number of esters is 4. The summed E-state index contributed by atoms with van der Waals surface area (Å²) < 4.78 is 23.3. The van der Waals surface area contributed by atoms with Gasteiger partial charge in [-0.3, -0.25) is 76.7 Å². The molecule has 0 aliphatic rings. The second-order valence-electron chi connectivity index (χ2n) is 17.3. The van der Waals surface area contributed by atoms with Crippen molar-refractivity contribution >= 4 is 101 Å². The number of rotatable bonds is 38. The van der Waals surface area contributed by atoms with Crippen LogP contribution in [0, 0.1) is 0 Å². The number of carbonyl (C=O) groups excluding carboxylic acids is 17. The summed E-state index contributed by atoms with van der Waals surface area (Å²) >= 11 is 0. The van der Waals surface area contributed by atoms with E-state index in [1.54, 1.807) is 20.8 Å². The summed E-state index contributed by atoms with van der Waals surface area (Å²) in [5.74, 6) is -11.8. The zero-order valence-electron chi connectivity index (χ0n) is 44.2. The molecule has 5 N–H and O–H groups in total. The highest BCUT2D eigenvalue weighted by Crippen LogP contribution is 2.08. The third-order valence-corrected chi connectivity index (χ3v) is 9.91. The fourth-order valence-electron chi connectivity index (χ4n) is 5.90. The van der Waals surface area contributed by atoms with Crippen molar-refractivity contribution in [2.45, 2.75) is 77.7 Å². The smallest absolute Gasteiger partial charge is 0.408 e. The van der Waals surface area contributed by atoms with Gasteiger partial charge in [-0.15, -0.1) is 0 Å². The molecule has 77 heavy (non-hydrogen) atoms. The summed E-state index contributed by atoms with van der Waals surface area (Å²) in [5.41, 5.74) is -0.815. The van der Waals surface area contributed by atoms with Gasteiger partial charge in [0.1, 0.15) is 44.9 Å². The molecule has 0 aliphatic carbocycles. The Morgan fingerprint density at radius 1 is 0.390 bits per heavy atom. The molecular weight excluding hydrogens is 1030 g/mol. The van der Waals surface area contributed by atoms with Crippen LogP contribution < -0.4 is 26.6 Å². The summed E-state index contributed by atoms with van der Waals surface area (Å²) in [5, 5.41) is 11.3. The Bertz CT molecular complexity index is 2160. The van der Waals surface area contributed by atoms with Crippen LogP contribution in [-0.2, 0) is 100 Å². The molecule has 0 aromatic carbocycles. The standard InChI is InChI=1S/C46H69N9O22/c1-46(2,3)77-45(72)51-18-31(58)12-15-38(65)53(26-42(69)74-5)22-33(60)10-13-34(61)50-20-40(67)55(28-44(71)76-7)23-35(62)48-16-8-9-32(59)21-52(25-41(68)73-4)37(64)14-11-30(57)17-49-36(63)24-54(27-43(70)75-6)39(66)19-47-29-56/h29H,8-28H2,1-7H3,(H,47,56)(H,48,62)(H,49,63)(H,50,61)(H,51,72). The number of carbonyl (C=O) groups is 17. The van der Waals surface area contributed by atoms with Gasteiger partial charge in [0.2, 0.25) is 47.8 Å². The van der Waals surface area contributed by atoms with E-state index in [1.165, 1.54) is 0 Å². The van der Waals surface area contributed by atoms with Crippen LogP contribution in [0.4, 0.5) is 4.79 Å². The van der Waals surface area contributed by atoms with Gasteiger partial charge >= 0.3 is 30.0 Å². The Hall–Kier alpha value is -8.41. The normalized spacial score (nSPS) is 10.4. The van der Waals surface area contributed by atoms with E-state index >= 15 is 0 Å². The predicted molar refractivity (Wildman–Crippen MR) is 259 cm³/mol. The molecule has 31 heteroatoms. The van der Waals surface area contributed by atoms with E-state index < -0.39 is 211 Å². The van der Waals surface area contributed by atoms with Crippen LogP contribution in [0.5, 0.6) is 0 Å². The first-order valence-electron chi connectivity index (χ1n) is 23.6. The van der Waals surface area contributed by atoms with E-state index in [4.69, 9.17) is 4.74 Å². The van der Waals surface area contributed by atoms with Crippen molar-refractivity contribution in [1.29, 1.82) is 0 Å². The van der Waals surface area contributed by atoms with Gasteiger partial charge in [0.15, 0.2) is 23.1 Å². The number of hydrogen-bond donors (Lipinski definition) is 5. The summed E-state index contributed by atoms with van der Waals surface area (Å²) in [6.07, 6.45) is -3.58. The lowest BCUT2D eigenvalue weighted by molar-refractivity contribution is -0.148. The Labute approximate surface area is 442 Å². The van der Waals surface area contributed by atoms with Crippen molar-refractivity contribution in [3.8, 4) is 0 Å². The second-order valence-corrected chi connectivity index (χ2v) is 17.3.